The lowest BCUT2D eigenvalue weighted by molar-refractivity contribution is -0.129. The molecule has 1 aliphatic rings. The van der Waals surface area contributed by atoms with Gasteiger partial charge in [0, 0.05) is 19.5 Å². The molecule has 18 heavy (non-hydrogen) atoms. The fourth-order valence-electron chi connectivity index (χ4n) is 2.17. The van der Waals surface area contributed by atoms with Crippen LogP contribution in [0, 0.1) is 5.92 Å². The molecule has 1 saturated heterocycles. The third-order valence-corrected chi connectivity index (χ3v) is 3.10. The Kier molecular flexibility index (Phi) is 4.02. The van der Waals surface area contributed by atoms with Gasteiger partial charge in [0.15, 0.2) is 0 Å². The normalized spacial score (nSPS) is 19.3. The van der Waals surface area contributed by atoms with E-state index >= 15 is 0 Å². The van der Waals surface area contributed by atoms with Gasteiger partial charge in [-0.15, -0.1) is 0 Å². The van der Waals surface area contributed by atoms with Crippen LogP contribution < -0.4 is 5.32 Å². The standard InChI is InChI=1S/C13H18N2O3/c1-2-5-15-9-10(7-12(15)16)13(17)14-8-11-4-3-6-18-11/h3-4,6,10H,2,5,7-9H2,1H3,(H,14,17). The van der Waals surface area contributed by atoms with Crippen molar-refractivity contribution in [2.24, 2.45) is 5.92 Å². The monoisotopic (exact) mass is 250 g/mol. The summed E-state index contributed by atoms with van der Waals surface area (Å²) < 4.78 is 5.14. The van der Waals surface area contributed by atoms with E-state index in [1.54, 1.807) is 17.2 Å². The Morgan fingerprint density at radius 2 is 2.44 bits per heavy atom. The summed E-state index contributed by atoms with van der Waals surface area (Å²) in [6.07, 6.45) is 2.82. The molecule has 5 nitrogen and oxygen atoms in total. The van der Waals surface area contributed by atoms with Crippen molar-refractivity contribution in [2.75, 3.05) is 13.1 Å². The number of carbonyl (C=O) groups excluding carboxylic acids is 2. The molecule has 98 valence electrons. The van der Waals surface area contributed by atoms with Crippen LogP contribution in [-0.2, 0) is 16.1 Å². The first-order chi connectivity index (χ1) is 8.70. The summed E-state index contributed by atoms with van der Waals surface area (Å²) >= 11 is 0. The maximum atomic E-state index is 11.9. The van der Waals surface area contributed by atoms with Crippen molar-refractivity contribution in [1.29, 1.82) is 0 Å². The smallest absolute Gasteiger partial charge is 0.225 e. The second-order valence-electron chi connectivity index (χ2n) is 4.54. The summed E-state index contributed by atoms with van der Waals surface area (Å²) in [6.45, 7) is 3.68. The van der Waals surface area contributed by atoms with Crippen LogP contribution >= 0.6 is 0 Å². The molecule has 2 rings (SSSR count). The van der Waals surface area contributed by atoms with E-state index in [0.29, 0.717) is 19.5 Å². The van der Waals surface area contributed by atoms with Gasteiger partial charge in [0.1, 0.15) is 5.76 Å². The number of amides is 2. The highest BCUT2D eigenvalue weighted by atomic mass is 16.3. The summed E-state index contributed by atoms with van der Waals surface area (Å²) in [5, 5.41) is 2.80. The van der Waals surface area contributed by atoms with Gasteiger partial charge in [-0.05, 0) is 18.6 Å². The van der Waals surface area contributed by atoms with E-state index in [4.69, 9.17) is 4.42 Å². The topological polar surface area (TPSA) is 62.6 Å². The van der Waals surface area contributed by atoms with E-state index < -0.39 is 0 Å². The molecule has 1 unspecified atom stereocenters. The van der Waals surface area contributed by atoms with E-state index in [9.17, 15) is 9.59 Å². The van der Waals surface area contributed by atoms with Crippen LogP contribution in [0.4, 0.5) is 0 Å². The van der Waals surface area contributed by atoms with Gasteiger partial charge >= 0.3 is 0 Å². The van der Waals surface area contributed by atoms with Crippen LogP contribution in [0.1, 0.15) is 25.5 Å². The second-order valence-corrected chi connectivity index (χ2v) is 4.54. The zero-order chi connectivity index (χ0) is 13.0. The predicted molar refractivity (Wildman–Crippen MR) is 65.5 cm³/mol. The van der Waals surface area contributed by atoms with Gasteiger partial charge in [-0.3, -0.25) is 9.59 Å². The molecule has 2 heterocycles. The highest BCUT2D eigenvalue weighted by molar-refractivity contribution is 5.89. The fourth-order valence-corrected chi connectivity index (χ4v) is 2.17. The molecule has 1 aromatic rings. The lowest BCUT2D eigenvalue weighted by Gasteiger charge is -2.14. The Labute approximate surface area is 106 Å². The average Bonchev–Trinajstić information content (AvgIpc) is 2.97. The minimum Gasteiger partial charge on any atom is -0.467 e. The van der Waals surface area contributed by atoms with E-state index in [1.807, 2.05) is 13.0 Å². The van der Waals surface area contributed by atoms with E-state index in [2.05, 4.69) is 5.32 Å². The number of hydrogen-bond donors (Lipinski definition) is 1. The number of nitrogens with one attached hydrogen (secondary N) is 1. The largest absolute Gasteiger partial charge is 0.467 e. The Hall–Kier alpha value is -1.78. The first-order valence-corrected chi connectivity index (χ1v) is 6.28. The van der Waals surface area contributed by atoms with Crippen molar-refractivity contribution < 1.29 is 14.0 Å². The van der Waals surface area contributed by atoms with E-state index in [0.717, 1.165) is 18.7 Å². The Morgan fingerprint density at radius 3 is 3.11 bits per heavy atom. The van der Waals surface area contributed by atoms with Crippen molar-refractivity contribution in [3.63, 3.8) is 0 Å². The fraction of sp³-hybridized carbons (Fsp3) is 0.538. The van der Waals surface area contributed by atoms with Crippen molar-refractivity contribution in [3.05, 3.63) is 24.2 Å². The van der Waals surface area contributed by atoms with Crippen LogP contribution in [0.15, 0.2) is 22.8 Å². The predicted octanol–water partition coefficient (Wildman–Crippen LogP) is 1.15. The number of rotatable bonds is 5. The van der Waals surface area contributed by atoms with Crippen LogP contribution in [0.2, 0.25) is 0 Å². The van der Waals surface area contributed by atoms with Gasteiger partial charge in [0.05, 0.1) is 18.7 Å². The van der Waals surface area contributed by atoms with Crippen molar-refractivity contribution in [3.8, 4) is 0 Å². The average molecular weight is 250 g/mol. The first-order valence-electron chi connectivity index (χ1n) is 6.28. The quantitative estimate of drug-likeness (QED) is 0.852. The minimum atomic E-state index is -0.223. The van der Waals surface area contributed by atoms with Crippen LogP contribution in [0.3, 0.4) is 0 Å². The Bertz CT molecular complexity index is 414. The highest BCUT2D eigenvalue weighted by Gasteiger charge is 2.33. The molecule has 0 spiro atoms. The summed E-state index contributed by atoms with van der Waals surface area (Å²) in [6, 6.07) is 3.59. The van der Waals surface area contributed by atoms with Crippen molar-refractivity contribution in [1.82, 2.24) is 10.2 Å². The van der Waals surface area contributed by atoms with Gasteiger partial charge in [0.2, 0.25) is 11.8 Å². The molecule has 0 aliphatic carbocycles. The second kappa shape index (κ2) is 5.71. The molecule has 1 N–H and O–H groups in total. The first kappa shape index (κ1) is 12.7. The third kappa shape index (κ3) is 2.91. The molecule has 1 aliphatic heterocycles. The molecule has 0 bridgehead atoms. The van der Waals surface area contributed by atoms with Gasteiger partial charge in [-0.2, -0.15) is 0 Å². The van der Waals surface area contributed by atoms with Gasteiger partial charge in [-0.25, -0.2) is 0 Å². The molecule has 1 atom stereocenters. The number of likely N-dealkylation sites (tertiary alicyclic amines) is 1. The molecule has 5 heteroatoms. The molecule has 0 saturated carbocycles. The maximum Gasteiger partial charge on any atom is 0.225 e. The van der Waals surface area contributed by atoms with Crippen molar-refractivity contribution in [2.45, 2.75) is 26.3 Å². The summed E-state index contributed by atoms with van der Waals surface area (Å²) in [4.78, 5) is 25.3. The lowest BCUT2D eigenvalue weighted by atomic mass is 10.1. The van der Waals surface area contributed by atoms with Gasteiger partial charge in [-0.1, -0.05) is 6.92 Å². The third-order valence-electron chi connectivity index (χ3n) is 3.10. The van der Waals surface area contributed by atoms with E-state index in [-0.39, 0.29) is 17.7 Å². The zero-order valence-corrected chi connectivity index (χ0v) is 10.5. The molecule has 0 radical (unpaired) electrons. The molecular weight excluding hydrogens is 232 g/mol. The zero-order valence-electron chi connectivity index (χ0n) is 10.5. The number of carbonyl (C=O) groups is 2. The van der Waals surface area contributed by atoms with Gasteiger partial charge < -0.3 is 14.6 Å². The van der Waals surface area contributed by atoms with Crippen LogP contribution in [-0.4, -0.2) is 29.8 Å². The molecule has 2 amide bonds. The van der Waals surface area contributed by atoms with E-state index in [1.165, 1.54) is 0 Å². The minimum absolute atomic E-state index is 0.0710. The number of hydrogen-bond acceptors (Lipinski definition) is 3. The Balaban J connectivity index is 1.81. The molecular formula is C13H18N2O3. The summed E-state index contributed by atoms with van der Waals surface area (Å²) in [5.74, 6) is 0.505. The van der Waals surface area contributed by atoms with Crippen molar-refractivity contribution >= 4 is 11.8 Å². The Morgan fingerprint density at radius 1 is 1.61 bits per heavy atom. The maximum absolute atomic E-state index is 11.9. The lowest BCUT2D eigenvalue weighted by Crippen LogP contribution is -2.32. The summed E-state index contributed by atoms with van der Waals surface area (Å²) in [7, 11) is 0. The van der Waals surface area contributed by atoms with Gasteiger partial charge in [0.25, 0.3) is 0 Å². The number of furan rings is 1. The summed E-state index contributed by atoms with van der Waals surface area (Å²) in [5.41, 5.74) is 0. The van der Waals surface area contributed by atoms with Crippen LogP contribution in [0.25, 0.3) is 0 Å². The SMILES string of the molecule is CCCN1CC(C(=O)NCc2ccco2)CC1=O. The van der Waals surface area contributed by atoms with Crippen LogP contribution in [0.5, 0.6) is 0 Å². The number of nitrogens with zero attached hydrogens (tertiary/aromatic N) is 1. The molecule has 0 aromatic carbocycles. The highest BCUT2D eigenvalue weighted by Crippen LogP contribution is 2.18. The molecule has 1 fully saturated rings. The molecule has 1 aromatic heterocycles.